The molecule has 7 nitrogen and oxygen atoms in total. The predicted molar refractivity (Wildman–Crippen MR) is 100 cm³/mol. The third-order valence-corrected chi connectivity index (χ3v) is 5.18. The molecule has 26 heavy (non-hydrogen) atoms. The maximum absolute atomic E-state index is 12.5. The minimum absolute atomic E-state index is 0.0172. The van der Waals surface area contributed by atoms with E-state index in [4.69, 9.17) is 9.47 Å². The van der Waals surface area contributed by atoms with Crippen molar-refractivity contribution in [2.24, 2.45) is 0 Å². The van der Waals surface area contributed by atoms with Gasteiger partial charge in [0.1, 0.15) is 11.6 Å². The summed E-state index contributed by atoms with van der Waals surface area (Å²) in [5, 5.41) is 5.68. The lowest BCUT2D eigenvalue weighted by Gasteiger charge is -2.48. The van der Waals surface area contributed by atoms with Crippen LogP contribution in [-0.2, 0) is 14.3 Å². The van der Waals surface area contributed by atoms with Gasteiger partial charge in [-0.1, -0.05) is 19.3 Å². The number of rotatable bonds is 5. The molecule has 1 saturated heterocycles. The van der Waals surface area contributed by atoms with Crippen molar-refractivity contribution in [3.63, 3.8) is 0 Å². The summed E-state index contributed by atoms with van der Waals surface area (Å²) < 4.78 is 10.7. The molecule has 0 bridgehead atoms. The van der Waals surface area contributed by atoms with Crippen molar-refractivity contribution in [1.29, 1.82) is 0 Å². The molecule has 0 aromatic heterocycles. The molecular formula is C19H35N3O4. The van der Waals surface area contributed by atoms with Gasteiger partial charge in [-0.25, -0.2) is 4.79 Å². The zero-order valence-corrected chi connectivity index (χ0v) is 16.7. The second kappa shape index (κ2) is 9.04. The molecule has 2 fully saturated rings. The number of amides is 2. The minimum atomic E-state index is -0.629. The first-order chi connectivity index (χ1) is 12.2. The molecule has 1 heterocycles. The van der Waals surface area contributed by atoms with Gasteiger partial charge < -0.3 is 20.1 Å². The van der Waals surface area contributed by atoms with E-state index in [1.54, 1.807) is 27.7 Å². The minimum Gasteiger partial charge on any atom is -0.444 e. The van der Waals surface area contributed by atoms with Crippen LogP contribution in [0.15, 0.2) is 0 Å². The lowest BCUT2D eigenvalue weighted by Crippen LogP contribution is -2.60. The first-order valence-corrected chi connectivity index (χ1v) is 9.82. The number of carbonyl (C=O) groups is 2. The van der Waals surface area contributed by atoms with Crippen molar-refractivity contribution in [3.8, 4) is 0 Å². The van der Waals surface area contributed by atoms with E-state index in [9.17, 15) is 9.59 Å². The Labute approximate surface area is 157 Å². The van der Waals surface area contributed by atoms with Crippen LogP contribution >= 0.6 is 0 Å². The van der Waals surface area contributed by atoms with Gasteiger partial charge in [0.25, 0.3) is 0 Å². The molecule has 150 valence electrons. The highest BCUT2D eigenvalue weighted by Crippen LogP contribution is 2.33. The Morgan fingerprint density at radius 3 is 2.35 bits per heavy atom. The predicted octanol–water partition coefficient (Wildman–Crippen LogP) is 2.05. The van der Waals surface area contributed by atoms with Gasteiger partial charge in [0, 0.05) is 25.2 Å². The van der Waals surface area contributed by atoms with Gasteiger partial charge in [-0.3, -0.25) is 9.69 Å². The molecule has 0 spiro atoms. The molecule has 1 atom stereocenters. The van der Waals surface area contributed by atoms with Crippen LogP contribution in [0.3, 0.4) is 0 Å². The van der Waals surface area contributed by atoms with Gasteiger partial charge in [0.15, 0.2) is 0 Å². The van der Waals surface area contributed by atoms with Crippen LogP contribution in [0.5, 0.6) is 0 Å². The Kier molecular flexibility index (Phi) is 7.29. The molecule has 0 unspecified atom stereocenters. The fraction of sp³-hybridized carbons (Fsp3) is 0.895. The monoisotopic (exact) mass is 369 g/mol. The molecular weight excluding hydrogens is 334 g/mol. The van der Waals surface area contributed by atoms with Crippen LogP contribution in [0.4, 0.5) is 4.79 Å². The summed E-state index contributed by atoms with van der Waals surface area (Å²) in [6.45, 7) is 11.0. The normalized spacial score (nSPS) is 22.3. The third kappa shape index (κ3) is 6.13. The Morgan fingerprint density at radius 1 is 1.15 bits per heavy atom. The van der Waals surface area contributed by atoms with Gasteiger partial charge in [-0.15, -0.1) is 0 Å². The zero-order chi connectivity index (χ0) is 19.2. The quantitative estimate of drug-likeness (QED) is 0.775. The molecule has 1 aliphatic carbocycles. The number of hydrogen-bond donors (Lipinski definition) is 2. The van der Waals surface area contributed by atoms with E-state index in [-0.39, 0.29) is 11.4 Å². The molecule has 2 aliphatic rings. The number of ether oxygens (including phenoxy) is 2. The zero-order valence-electron chi connectivity index (χ0n) is 16.7. The van der Waals surface area contributed by atoms with Crippen LogP contribution in [-0.4, -0.2) is 66.9 Å². The number of carbonyl (C=O) groups excluding carboxylic acids is 2. The lowest BCUT2D eigenvalue weighted by atomic mass is 9.79. The fourth-order valence-electron chi connectivity index (χ4n) is 3.81. The molecule has 1 aliphatic heterocycles. The molecule has 2 rings (SSSR count). The van der Waals surface area contributed by atoms with Gasteiger partial charge in [-0.05, 0) is 40.5 Å². The first kappa shape index (κ1) is 21.0. The average molecular weight is 370 g/mol. The Balaban J connectivity index is 1.88. The van der Waals surface area contributed by atoms with Crippen molar-refractivity contribution < 1.29 is 19.1 Å². The number of alkyl carbamates (subject to hydrolysis) is 1. The van der Waals surface area contributed by atoms with Crippen molar-refractivity contribution >= 4 is 12.0 Å². The molecule has 2 amide bonds. The van der Waals surface area contributed by atoms with Crippen molar-refractivity contribution in [1.82, 2.24) is 15.5 Å². The summed E-state index contributed by atoms with van der Waals surface area (Å²) in [5.41, 5.74) is -0.563. The summed E-state index contributed by atoms with van der Waals surface area (Å²) in [6.07, 6.45) is 5.28. The number of morpholine rings is 1. The molecule has 0 aromatic carbocycles. The van der Waals surface area contributed by atoms with Crippen molar-refractivity contribution in [2.75, 3.05) is 32.8 Å². The topological polar surface area (TPSA) is 79.9 Å². The Morgan fingerprint density at radius 2 is 1.77 bits per heavy atom. The van der Waals surface area contributed by atoms with Crippen LogP contribution in [0.25, 0.3) is 0 Å². The van der Waals surface area contributed by atoms with E-state index < -0.39 is 17.7 Å². The highest BCUT2D eigenvalue weighted by atomic mass is 16.6. The second-order valence-electron chi connectivity index (χ2n) is 8.47. The third-order valence-electron chi connectivity index (χ3n) is 5.18. The van der Waals surface area contributed by atoms with Gasteiger partial charge in [0.2, 0.25) is 5.91 Å². The van der Waals surface area contributed by atoms with E-state index in [2.05, 4.69) is 15.5 Å². The average Bonchev–Trinajstić information content (AvgIpc) is 2.59. The highest BCUT2D eigenvalue weighted by molar-refractivity contribution is 5.85. The molecule has 7 heteroatoms. The molecule has 1 saturated carbocycles. The standard InChI is InChI=1S/C19H35N3O4/c1-15(21-17(24)26-18(2,3)4)16(23)20-14-19(8-6-5-7-9-19)22-10-12-25-13-11-22/h15H,5-14H2,1-4H3,(H,20,23)(H,21,24)/t15-/m1/s1. The smallest absolute Gasteiger partial charge is 0.408 e. The highest BCUT2D eigenvalue weighted by Gasteiger charge is 2.39. The summed E-state index contributed by atoms with van der Waals surface area (Å²) >= 11 is 0. The summed E-state index contributed by atoms with van der Waals surface area (Å²) in [7, 11) is 0. The van der Waals surface area contributed by atoms with E-state index in [1.807, 2.05) is 0 Å². The Bertz CT molecular complexity index is 478. The van der Waals surface area contributed by atoms with Crippen LogP contribution in [0, 0.1) is 0 Å². The Hall–Kier alpha value is -1.34. The summed E-state index contributed by atoms with van der Waals surface area (Å²) in [6, 6.07) is -0.629. The van der Waals surface area contributed by atoms with Gasteiger partial charge in [0.05, 0.1) is 13.2 Å². The van der Waals surface area contributed by atoms with E-state index >= 15 is 0 Å². The maximum Gasteiger partial charge on any atom is 0.408 e. The fourth-order valence-corrected chi connectivity index (χ4v) is 3.81. The maximum atomic E-state index is 12.5. The summed E-state index contributed by atoms with van der Waals surface area (Å²) in [5.74, 6) is -0.172. The second-order valence-corrected chi connectivity index (χ2v) is 8.47. The summed E-state index contributed by atoms with van der Waals surface area (Å²) in [4.78, 5) is 26.8. The van der Waals surface area contributed by atoms with Gasteiger partial charge >= 0.3 is 6.09 Å². The first-order valence-electron chi connectivity index (χ1n) is 9.82. The molecule has 0 radical (unpaired) electrons. The largest absolute Gasteiger partial charge is 0.444 e. The van der Waals surface area contributed by atoms with Gasteiger partial charge in [-0.2, -0.15) is 0 Å². The van der Waals surface area contributed by atoms with E-state index in [0.29, 0.717) is 6.54 Å². The number of nitrogens with one attached hydrogen (secondary N) is 2. The molecule has 2 N–H and O–H groups in total. The number of nitrogens with zero attached hydrogens (tertiary/aromatic N) is 1. The number of hydrogen-bond acceptors (Lipinski definition) is 5. The van der Waals surface area contributed by atoms with E-state index in [0.717, 1.165) is 39.1 Å². The van der Waals surface area contributed by atoms with Crippen molar-refractivity contribution in [3.05, 3.63) is 0 Å². The van der Waals surface area contributed by atoms with Crippen molar-refractivity contribution in [2.45, 2.75) is 77.0 Å². The molecule has 0 aromatic rings. The lowest BCUT2D eigenvalue weighted by molar-refractivity contribution is -0.124. The van der Waals surface area contributed by atoms with E-state index in [1.165, 1.54) is 19.3 Å². The SMILES string of the molecule is C[C@@H](NC(=O)OC(C)(C)C)C(=O)NCC1(N2CCOCC2)CCCCC1. The van der Waals surface area contributed by atoms with Crippen LogP contribution in [0.1, 0.15) is 59.8 Å². The van der Waals surface area contributed by atoms with Crippen LogP contribution in [0.2, 0.25) is 0 Å². The van der Waals surface area contributed by atoms with Crippen LogP contribution < -0.4 is 10.6 Å².